The van der Waals surface area contributed by atoms with E-state index in [2.05, 4.69) is 22.9 Å². The summed E-state index contributed by atoms with van der Waals surface area (Å²) >= 11 is 3.48. The predicted molar refractivity (Wildman–Crippen MR) is 88.6 cm³/mol. The fraction of sp³-hybridized carbons (Fsp3) is 0.294. The molecule has 0 saturated heterocycles. The lowest BCUT2D eigenvalue weighted by Gasteiger charge is -2.15. The van der Waals surface area contributed by atoms with Crippen molar-refractivity contribution in [3.63, 3.8) is 0 Å². The van der Waals surface area contributed by atoms with E-state index in [4.69, 9.17) is 10.5 Å². The molecule has 0 aromatic heterocycles. The third kappa shape index (κ3) is 4.76. The second kappa shape index (κ2) is 7.48. The van der Waals surface area contributed by atoms with Crippen molar-refractivity contribution in [2.24, 2.45) is 5.73 Å². The Morgan fingerprint density at radius 3 is 2.76 bits per heavy atom. The molecule has 0 heterocycles. The average molecular weight is 350 g/mol. The Balaban J connectivity index is 2.11. The summed E-state index contributed by atoms with van der Waals surface area (Å²) in [4.78, 5) is 0. The third-order valence-electron chi connectivity index (χ3n) is 3.33. The van der Waals surface area contributed by atoms with Gasteiger partial charge >= 0.3 is 0 Å². The van der Waals surface area contributed by atoms with Crippen molar-refractivity contribution in [3.05, 3.63) is 58.1 Å². The van der Waals surface area contributed by atoms with E-state index in [1.807, 2.05) is 30.3 Å². The van der Waals surface area contributed by atoms with Crippen molar-refractivity contribution in [2.45, 2.75) is 32.4 Å². The van der Waals surface area contributed by atoms with E-state index in [1.165, 1.54) is 0 Å². The van der Waals surface area contributed by atoms with E-state index in [9.17, 15) is 5.11 Å². The second-order valence-electron chi connectivity index (χ2n) is 5.08. The van der Waals surface area contributed by atoms with E-state index >= 15 is 0 Å². The van der Waals surface area contributed by atoms with Crippen LogP contribution in [0, 0.1) is 0 Å². The maximum atomic E-state index is 9.47. The van der Waals surface area contributed by atoms with Gasteiger partial charge in [-0.1, -0.05) is 35.0 Å². The molecule has 21 heavy (non-hydrogen) atoms. The molecule has 0 saturated carbocycles. The van der Waals surface area contributed by atoms with Gasteiger partial charge in [-0.15, -0.1) is 0 Å². The summed E-state index contributed by atoms with van der Waals surface area (Å²) in [5.41, 5.74) is 8.08. The maximum absolute atomic E-state index is 9.47. The van der Waals surface area contributed by atoms with Crippen LogP contribution in [0.3, 0.4) is 0 Å². The Kier molecular flexibility index (Phi) is 5.65. The van der Waals surface area contributed by atoms with Gasteiger partial charge in [-0.2, -0.15) is 0 Å². The number of halogens is 1. The molecule has 1 atom stereocenters. The molecule has 2 aromatic rings. The quantitative estimate of drug-likeness (QED) is 0.828. The summed E-state index contributed by atoms with van der Waals surface area (Å²) in [5, 5.41) is 9.47. The molecular formula is C17H20BrNO2. The van der Waals surface area contributed by atoms with Gasteiger partial charge < -0.3 is 15.6 Å². The van der Waals surface area contributed by atoms with Gasteiger partial charge in [-0.25, -0.2) is 0 Å². The highest BCUT2D eigenvalue weighted by Gasteiger charge is 2.09. The Hall–Kier alpha value is -1.52. The minimum atomic E-state index is 0.127. The number of hydrogen-bond donors (Lipinski definition) is 2. The molecule has 112 valence electrons. The van der Waals surface area contributed by atoms with Crippen LogP contribution in [0.2, 0.25) is 0 Å². The normalized spacial score (nSPS) is 12.1. The minimum Gasteiger partial charge on any atom is -0.508 e. The summed E-state index contributed by atoms with van der Waals surface area (Å²) in [6.45, 7) is 2.50. The zero-order valence-corrected chi connectivity index (χ0v) is 13.6. The van der Waals surface area contributed by atoms with Crippen LogP contribution in [0.1, 0.15) is 24.5 Å². The molecule has 2 aromatic carbocycles. The molecular weight excluding hydrogens is 330 g/mol. The standard InChI is InChI=1S/C17H20BrNO2/c1-2-15(19)10-13-9-14(18)6-7-17(13)21-11-12-4-3-5-16(20)8-12/h3-9,15,20H,2,10-11,19H2,1H3. The van der Waals surface area contributed by atoms with Crippen molar-refractivity contribution >= 4 is 15.9 Å². The Labute approximate surface area is 133 Å². The highest BCUT2D eigenvalue weighted by molar-refractivity contribution is 9.10. The first kappa shape index (κ1) is 15.9. The van der Waals surface area contributed by atoms with Crippen LogP contribution < -0.4 is 10.5 Å². The number of ether oxygens (including phenoxy) is 1. The van der Waals surface area contributed by atoms with Crippen LogP contribution in [0.25, 0.3) is 0 Å². The largest absolute Gasteiger partial charge is 0.508 e. The van der Waals surface area contributed by atoms with Crippen LogP contribution in [0.4, 0.5) is 0 Å². The lowest BCUT2D eigenvalue weighted by atomic mass is 10.0. The van der Waals surface area contributed by atoms with E-state index in [-0.39, 0.29) is 11.8 Å². The van der Waals surface area contributed by atoms with Gasteiger partial charge in [0, 0.05) is 10.5 Å². The molecule has 0 aliphatic heterocycles. The van der Waals surface area contributed by atoms with E-state index in [0.717, 1.165) is 34.2 Å². The van der Waals surface area contributed by atoms with Crippen molar-refractivity contribution in [2.75, 3.05) is 0 Å². The zero-order chi connectivity index (χ0) is 15.2. The van der Waals surface area contributed by atoms with Crippen LogP contribution in [-0.4, -0.2) is 11.1 Å². The zero-order valence-electron chi connectivity index (χ0n) is 12.1. The monoisotopic (exact) mass is 349 g/mol. The summed E-state index contributed by atoms with van der Waals surface area (Å²) in [7, 11) is 0. The molecule has 4 heteroatoms. The Morgan fingerprint density at radius 2 is 2.05 bits per heavy atom. The number of phenolic OH excluding ortho intramolecular Hbond substituents is 1. The van der Waals surface area contributed by atoms with Crippen LogP contribution in [0.15, 0.2) is 46.9 Å². The Bertz CT molecular complexity index is 601. The lowest BCUT2D eigenvalue weighted by molar-refractivity contribution is 0.301. The van der Waals surface area contributed by atoms with Crippen molar-refractivity contribution in [1.29, 1.82) is 0 Å². The molecule has 0 radical (unpaired) electrons. The lowest BCUT2D eigenvalue weighted by Crippen LogP contribution is -2.21. The summed E-state index contributed by atoms with van der Waals surface area (Å²) in [6, 6.07) is 13.2. The molecule has 3 N–H and O–H groups in total. The highest BCUT2D eigenvalue weighted by atomic mass is 79.9. The van der Waals surface area contributed by atoms with Gasteiger partial charge in [-0.3, -0.25) is 0 Å². The smallest absolute Gasteiger partial charge is 0.123 e. The molecule has 0 amide bonds. The molecule has 2 rings (SSSR count). The van der Waals surface area contributed by atoms with E-state index < -0.39 is 0 Å². The van der Waals surface area contributed by atoms with E-state index in [1.54, 1.807) is 12.1 Å². The number of nitrogens with two attached hydrogens (primary N) is 1. The molecule has 0 aliphatic rings. The van der Waals surface area contributed by atoms with Crippen LogP contribution in [0.5, 0.6) is 11.5 Å². The van der Waals surface area contributed by atoms with Gasteiger partial charge in [0.25, 0.3) is 0 Å². The minimum absolute atomic E-state index is 0.127. The summed E-state index contributed by atoms with van der Waals surface area (Å²) in [6.07, 6.45) is 1.71. The average Bonchev–Trinajstić information content (AvgIpc) is 2.46. The topological polar surface area (TPSA) is 55.5 Å². The van der Waals surface area contributed by atoms with Crippen LogP contribution in [-0.2, 0) is 13.0 Å². The third-order valence-corrected chi connectivity index (χ3v) is 3.83. The summed E-state index contributed by atoms with van der Waals surface area (Å²) < 4.78 is 6.91. The first-order valence-corrected chi connectivity index (χ1v) is 7.82. The molecule has 0 bridgehead atoms. The van der Waals surface area contributed by atoms with Gasteiger partial charge in [0.2, 0.25) is 0 Å². The number of rotatable bonds is 6. The van der Waals surface area contributed by atoms with Crippen molar-refractivity contribution in [1.82, 2.24) is 0 Å². The highest BCUT2D eigenvalue weighted by Crippen LogP contribution is 2.26. The molecule has 0 fully saturated rings. The fourth-order valence-electron chi connectivity index (χ4n) is 2.08. The number of phenols is 1. The molecule has 1 unspecified atom stereocenters. The van der Waals surface area contributed by atoms with E-state index in [0.29, 0.717) is 6.61 Å². The van der Waals surface area contributed by atoms with Crippen molar-refractivity contribution < 1.29 is 9.84 Å². The van der Waals surface area contributed by atoms with Gasteiger partial charge in [0.05, 0.1) is 0 Å². The number of benzene rings is 2. The first-order valence-electron chi connectivity index (χ1n) is 7.03. The Morgan fingerprint density at radius 1 is 1.24 bits per heavy atom. The molecule has 0 aliphatic carbocycles. The predicted octanol–water partition coefficient (Wildman–Crippen LogP) is 4.01. The SMILES string of the molecule is CCC(N)Cc1cc(Br)ccc1OCc1cccc(O)c1. The van der Waals surface area contributed by atoms with Crippen molar-refractivity contribution in [3.8, 4) is 11.5 Å². The molecule has 3 nitrogen and oxygen atoms in total. The van der Waals surface area contributed by atoms with Crippen LogP contribution >= 0.6 is 15.9 Å². The summed E-state index contributed by atoms with van der Waals surface area (Å²) in [5.74, 6) is 1.09. The van der Waals surface area contributed by atoms with Gasteiger partial charge in [0.1, 0.15) is 18.1 Å². The van der Waals surface area contributed by atoms with Gasteiger partial charge in [0.15, 0.2) is 0 Å². The number of hydrogen-bond acceptors (Lipinski definition) is 3. The fourth-order valence-corrected chi connectivity index (χ4v) is 2.49. The first-order chi connectivity index (χ1) is 10.1. The van der Waals surface area contributed by atoms with Gasteiger partial charge in [-0.05, 0) is 54.3 Å². The number of aromatic hydroxyl groups is 1. The maximum Gasteiger partial charge on any atom is 0.123 e. The second-order valence-corrected chi connectivity index (χ2v) is 6.00. The molecule has 0 spiro atoms.